The number of nitrogens with zero attached hydrogens (tertiary/aromatic N) is 3. The van der Waals surface area contributed by atoms with Crippen LogP contribution in [0.3, 0.4) is 0 Å². The fourth-order valence-electron chi connectivity index (χ4n) is 2.90. The number of carbonyl (C=O) groups excluding carboxylic acids is 1. The molecule has 1 N–H and O–H groups in total. The highest BCUT2D eigenvalue weighted by Gasteiger charge is 2.12. The molecule has 178 valence electrons. The predicted octanol–water partition coefficient (Wildman–Crippen LogP) is 5.73. The Hall–Kier alpha value is -2.62. The molecule has 1 heterocycles. The maximum absolute atomic E-state index is 12.2. The Labute approximate surface area is 216 Å². The molecule has 0 radical (unpaired) electrons. The maximum Gasteiger partial charge on any atom is 0.250 e. The molecule has 0 unspecified atom stereocenters. The third-order valence-electron chi connectivity index (χ3n) is 4.39. The van der Waals surface area contributed by atoms with Crippen LogP contribution in [0.5, 0.6) is 11.5 Å². The molecule has 0 saturated carbocycles. The van der Waals surface area contributed by atoms with E-state index in [0.717, 1.165) is 27.0 Å². The maximum atomic E-state index is 12.2. The van der Waals surface area contributed by atoms with E-state index in [1.165, 1.54) is 11.8 Å². The molecule has 0 saturated heterocycles. The van der Waals surface area contributed by atoms with Crippen LogP contribution in [0.25, 0.3) is 0 Å². The van der Waals surface area contributed by atoms with Gasteiger partial charge in [-0.2, -0.15) is 5.10 Å². The molecule has 7 nitrogen and oxygen atoms in total. The monoisotopic (exact) mass is 562 g/mol. The number of rotatable bonds is 10. The minimum absolute atomic E-state index is 0.153. The Bertz CT molecular complexity index is 1170. The number of halogens is 2. The fraction of sp³-hybridized carbons (Fsp3) is 0.250. The number of nitrogens with one attached hydrogen (secondary N) is 1. The van der Waals surface area contributed by atoms with Crippen LogP contribution in [0.15, 0.2) is 57.2 Å². The lowest BCUT2D eigenvalue weighted by Gasteiger charge is -2.14. The van der Waals surface area contributed by atoms with Crippen LogP contribution in [-0.4, -0.2) is 34.4 Å². The normalized spacial score (nSPS) is 11.0. The van der Waals surface area contributed by atoms with Crippen molar-refractivity contribution in [1.29, 1.82) is 0 Å². The minimum Gasteiger partial charge on any atom is -0.490 e. The van der Waals surface area contributed by atoms with Gasteiger partial charge in [0.25, 0.3) is 5.91 Å². The zero-order valence-corrected chi connectivity index (χ0v) is 22.1. The summed E-state index contributed by atoms with van der Waals surface area (Å²) in [4.78, 5) is 20.8. The zero-order chi connectivity index (χ0) is 24.5. The molecule has 3 rings (SSSR count). The van der Waals surface area contributed by atoms with E-state index in [1.54, 1.807) is 18.3 Å². The number of hydrogen-bond donors (Lipinski definition) is 1. The SMILES string of the molecule is CCOc1cc(/C=N\NC(=O)CSc2nc(C)cc(C)n2)c(Br)cc1OCc1ccccc1Cl. The molecule has 34 heavy (non-hydrogen) atoms. The van der Waals surface area contributed by atoms with E-state index in [2.05, 4.69) is 36.4 Å². The van der Waals surface area contributed by atoms with Crippen molar-refractivity contribution in [3.05, 3.63) is 74.5 Å². The minimum atomic E-state index is -0.259. The molecular formula is C24H24BrClN4O3S. The van der Waals surface area contributed by atoms with Crippen LogP contribution in [0.2, 0.25) is 5.02 Å². The Balaban J connectivity index is 1.62. The van der Waals surface area contributed by atoms with Crippen LogP contribution in [0, 0.1) is 13.8 Å². The van der Waals surface area contributed by atoms with E-state index in [4.69, 9.17) is 21.1 Å². The summed E-state index contributed by atoms with van der Waals surface area (Å²) in [6.07, 6.45) is 1.54. The summed E-state index contributed by atoms with van der Waals surface area (Å²) in [5, 5.41) is 5.27. The number of ether oxygens (including phenoxy) is 2. The highest BCUT2D eigenvalue weighted by molar-refractivity contribution is 9.10. The van der Waals surface area contributed by atoms with Crippen molar-refractivity contribution in [2.75, 3.05) is 12.4 Å². The van der Waals surface area contributed by atoms with E-state index in [9.17, 15) is 4.79 Å². The first kappa shape index (κ1) is 26.0. The van der Waals surface area contributed by atoms with Crippen LogP contribution < -0.4 is 14.9 Å². The van der Waals surface area contributed by atoms with Gasteiger partial charge in [0, 0.05) is 32.0 Å². The predicted molar refractivity (Wildman–Crippen MR) is 139 cm³/mol. The van der Waals surface area contributed by atoms with Crippen LogP contribution in [0.4, 0.5) is 0 Å². The molecule has 3 aromatic rings. The Kier molecular flexibility index (Phi) is 9.74. The summed E-state index contributed by atoms with van der Waals surface area (Å²) in [5.74, 6) is 1.03. The lowest BCUT2D eigenvalue weighted by Crippen LogP contribution is -2.20. The number of aromatic nitrogens is 2. The number of carbonyl (C=O) groups is 1. The molecule has 0 atom stereocenters. The molecule has 0 aliphatic rings. The molecule has 0 bridgehead atoms. The largest absolute Gasteiger partial charge is 0.490 e. The average molecular weight is 564 g/mol. The van der Waals surface area contributed by atoms with Crippen LogP contribution >= 0.6 is 39.3 Å². The van der Waals surface area contributed by atoms with Crippen molar-refractivity contribution in [2.45, 2.75) is 32.5 Å². The van der Waals surface area contributed by atoms with Crippen molar-refractivity contribution in [2.24, 2.45) is 5.10 Å². The van der Waals surface area contributed by atoms with Gasteiger partial charge in [0.2, 0.25) is 0 Å². The Morgan fingerprint density at radius 3 is 2.56 bits per heavy atom. The van der Waals surface area contributed by atoms with Gasteiger partial charge in [0.1, 0.15) is 6.61 Å². The zero-order valence-electron chi connectivity index (χ0n) is 19.0. The first-order valence-electron chi connectivity index (χ1n) is 10.4. The second-order valence-electron chi connectivity index (χ2n) is 7.15. The van der Waals surface area contributed by atoms with Gasteiger partial charge < -0.3 is 9.47 Å². The summed E-state index contributed by atoms with van der Waals surface area (Å²) in [6.45, 7) is 6.45. The molecular weight excluding hydrogens is 540 g/mol. The van der Waals surface area contributed by atoms with Crippen molar-refractivity contribution in [3.8, 4) is 11.5 Å². The smallest absolute Gasteiger partial charge is 0.250 e. The Morgan fingerprint density at radius 2 is 1.85 bits per heavy atom. The van der Waals surface area contributed by atoms with Crippen LogP contribution in [0.1, 0.15) is 29.4 Å². The quantitative estimate of drug-likeness (QED) is 0.147. The first-order chi connectivity index (χ1) is 16.4. The van der Waals surface area contributed by atoms with Gasteiger partial charge in [-0.1, -0.05) is 41.6 Å². The summed E-state index contributed by atoms with van der Waals surface area (Å²) in [7, 11) is 0. The van der Waals surface area contributed by atoms with Gasteiger partial charge in [-0.3, -0.25) is 4.79 Å². The average Bonchev–Trinajstić information content (AvgIpc) is 2.79. The van der Waals surface area contributed by atoms with Crippen molar-refractivity contribution >= 4 is 51.4 Å². The Morgan fingerprint density at radius 1 is 1.15 bits per heavy atom. The lowest BCUT2D eigenvalue weighted by molar-refractivity contribution is -0.118. The molecule has 1 aromatic heterocycles. The standard InChI is InChI=1S/C24H24BrClN4O3S/c1-4-32-21-10-18(19(25)11-22(21)33-13-17-7-5-6-8-20(17)26)12-27-30-23(31)14-34-24-28-15(2)9-16(3)29-24/h5-12H,4,13-14H2,1-3H3,(H,30,31)/b27-12-. The van der Waals surface area contributed by atoms with E-state index in [1.807, 2.05) is 51.1 Å². The van der Waals surface area contributed by atoms with Crippen molar-refractivity contribution in [1.82, 2.24) is 15.4 Å². The topological polar surface area (TPSA) is 85.7 Å². The highest BCUT2D eigenvalue weighted by atomic mass is 79.9. The van der Waals surface area contributed by atoms with Gasteiger partial charge in [-0.25, -0.2) is 15.4 Å². The molecule has 0 aliphatic heterocycles. The number of hydrogen-bond acceptors (Lipinski definition) is 7. The number of thioether (sulfide) groups is 1. The van der Waals surface area contributed by atoms with E-state index < -0.39 is 0 Å². The number of benzene rings is 2. The summed E-state index contributed by atoms with van der Waals surface area (Å²) >= 11 is 11.0. The van der Waals surface area contributed by atoms with Crippen molar-refractivity contribution in [3.63, 3.8) is 0 Å². The second-order valence-corrected chi connectivity index (χ2v) is 9.35. The summed E-state index contributed by atoms with van der Waals surface area (Å²) in [5.41, 5.74) is 5.85. The van der Waals surface area contributed by atoms with Crippen molar-refractivity contribution < 1.29 is 14.3 Å². The summed E-state index contributed by atoms with van der Waals surface area (Å²) in [6, 6.07) is 13.0. The van der Waals surface area contributed by atoms with Gasteiger partial charge in [-0.05, 0) is 61.0 Å². The molecule has 1 amide bonds. The molecule has 0 aliphatic carbocycles. The fourth-order valence-corrected chi connectivity index (χ4v) is 4.25. The van der Waals surface area contributed by atoms with E-state index >= 15 is 0 Å². The molecule has 10 heteroatoms. The second kappa shape index (κ2) is 12.7. The van der Waals surface area contributed by atoms with Gasteiger partial charge in [-0.15, -0.1) is 0 Å². The lowest BCUT2D eigenvalue weighted by atomic mass is 10.2. The van der Waals surface area contributed by atoms with Gasteiger partial charge >= 0.3 is 0 Å². The third kappa shape index (κ3) is 7.72. The summed E-state index contributed by atoms with van der Waals surface area (Å²) < 4.78 is 12.4. The van der Waals surface area contributed by atoms with Gasteiger partial charge in [0.15, 0.2) is 16.7 Å². The molecule has 2 aromatic carbocycles. The highest BCUT2D eigenvalue weighted by Crippen LogP contribution is 2.34. The van der Waals surface area contributed by atoms with Gasteiger partial charge in [0.05, 0.1) is 18.6 Å². The first-order valence-corrected chi connectivity index (χ1v) is 12.6. The van der Waals surface area contributed by atoms with E-state index in [0.29, 0.717) is 34.9 Å². The number of hydrazone groups is 1. The van der Waals surface area contributed by atoms with E-state index in [-0.39, 0.29) is 11.7 Å². The number of aryl methyl sites for hydroxylation is 2. The number of amides is 1. The van der Waals surface area contributed by atoms with Crippen LogP contribution in [-0.2, 0) is 11.4 Å². The molecule has 0 spiro atoms. The third-order valence-corrected chi connectivity index (χ3v) is 6.29. The molecule has 0 fully saturated rings.